The van der Waals surface area contributed by atoms with Crippen molar-refractivity contribution >= 4 is 17.5 Å². The van der Waals surface area contributed by atoms with Crippen LogP contribution in [-0.2, 0) is 9.59 Å². The second-order valence-electron chi connectivity index (χ2n) is 6.02. The molecular formula is C17H23N3O4. The van der Waals surface area contributed by atoms with Crippen LogP contribution in [0.2, 0.25) is 0 Å². The summed E-state index contributed by atoms with van der Waals surface area (Å²) in [6.07, 6.45) is 0.538. The standard InChI is InChI=1S/C17H23N3O4/c1-18-6-8-19(2)16(21)13-5-7-20(17(13)22)12-3-4-14-15(11-12)24-10-9-23-14/h3-4,11,13,18H,5-10H2,1-2H3. The number of fused-ring (bicyclic) bond motifs is 1. The number of anilines is 1. The Hall–Kier alpha value is -2.28. The van der Waals surface area contributed by atoms with E-state index in [9.17, 15) is 9.59 Å². The molecule has 1 aromatic carbocycles. The molecule has 0 saturated carbocycles. The quantitative estimate of drug-likeness (QED) is 0.794. The molecule has 1 saturated heterocycles. The summed E-state index contributed by atoms with van der Waals surface area (Å²) in [5.74, 6) is 0.479. The Morgan fingerprint density at radius 2 is 2.08 bits per heavy atom. The third kappa shape index (κ3) is 3.17. The van der Waals surface area contributed by atoms with Crippen LogP contribution >= 0.6 is 0 Å². The first kappa shape index (κ1) is 16.6. The first-order valence-electron chi connectivity index (χ1n) is 8.22. The highest BCUT2D eigenvalue weighted by Gasteiger charge is 2.39. The predicted octanol–water partition coefficient (Wildman–Crippen LogP) is 0.488. The van der Waals surface area contributed by atoms with Crippen molar-refractivity contribution in [2.75, 3.05) is 51.8 Å². The van der Waals surface area contributed by atoms with Crippen molar-refractivity contribution in [3.63, 3.8) is 0 Å². The Kier molecular flexibility index (Phi) is 4.89. The van der Waals surface area contributed by atoms with Gasteiger partial charge in [0.1, 0.15) is 19.1 Å². The molecule has 2 aliphatic heterocycles. The summed E-state index contributed by atoms with van der Waals surface area (Å²) in [7, 11) is 3.57. The van der Waals surface area contributed by atoms with Crippen LogP contribution in [0.25, 0.3) is 0 Å². The van der Waals surface area contributed by atoms with Crippen LogP contribution in [0, 0.1) is 5.92 Å². The zero-order valence-electron chi connectivity index (χ0n) is 14.1. The summed E-state index contributed by atoms with van der Waals surface area (Å²) in [5, 5.41) is 3.00. The molecule has 0 spiro atoms. The molecule has 1 atom stereocenters. The van der Waals surface area contributed by atoms with Gasteiger partial charge in [-0.05, 0) is 25.6 Å². The molecule has 24 heavy (non-hydrogen) atoms. The fourth-order valence-electron chi connectivity index (χ4n) is 3.02. The first-order chi connectivity index (χ1) is 11.6. The molecular weight excluding hydrogens is 310 g/mol. The van der Waals surface area contributed by atoms with Crippen LogP contribution in [0.1, 0.15) is 6.42 Å². The van der Waals surface area contributed by atoms with E-state index < -0.39 is 5.92 Å². The van der Waals surface area contributed by atoms with Gasteiger partial charge in [0.15, 0.2) is 11.5 Å². The number of rotatable bonds is 5. The highest BCUT2D eigenvalue weighted by atomic mass is 16.6. The van der Waals surface area contributed by atoms with E-state index >= 15 is 0 Å². The van der Waals surface area contributed by atoms with E-state index in [1.165, 1.54) is 0 Å². The van der Waals surface area contributed by atoms with Gasteiger partial charge >= 0.3 is 0 Å². The van der Waals surface area contributed by atoms with Crippen molar-refractivity contribution in [2.45, 2.75) is 6.42 Å². The van der Waals surface area contributed by atoms with Crippen molar-refractivity contribution in [2.24, 2.45) is 5.92 Å². The Balaban J connectivity index is 1.71. The first-order valence-corrected chi connectivity index (χ1v) is 8.22. The number of hydrogen-bond donors (Lipinski definition) is 1. The molecule has 0 aromatic heterocycles. The molecule has 2 amide bonds. The summed E-state index contributed by atoms with van der Waals surface area (Å²) < 4.78 is 11.1. The Bertz CT molecular complexity index is 634. The molecule has 1 aromatic rings. The summed E-state index contributed by atoms with van der Waals surface area (Å²) in [6.45, 7) is 2.86. The number of ether oxygens (including phenoxy) is 2. The lowest BCUT2D eigenvalue weighted by molar-refractivity contribution is -0.138. The van der Waals surface area contributed by atoms with Crippen LogP contribution in [0.15, 0.2) is 18.2 Å². The molecule has 2 aliphatic rings. The van der Waals surface area contributed by atoms with Gasteiger partial charge in [-0.25, -0.2) is 0 Å². The van der Waals surface area contributed by atoms with Crippen LogP contribution in [0.3, 0.4) is 0 Å². The molecule has 3 rings (SSSR count). The minimum atomic E-state index is -0.597. The number of benzene rings is 1. The van der Waals surface area contributed by atoms with Crippen molar-refractivity contribution in [1.29, 1.82) is 0 Å². The molecule has 1 unspecified atom stereocenters. The summed E-state index contributed by atoms with van der Waals surface area (Å²) in [4.78, 5) is 28.4. The average Bonchev–Trinajstić information content (AvgIpc) is 3.00. The van der Waals surface area contributed by atoms with Gasteiger partial charge in [-0.1, -0.05) is 0 Å². The maximum atomic E-state index is 12.7. The van der Waals surface area contributed by atoms with Crippen LogP contribution in [0.4, 0.5) is 5.69 Å². The van der Waals surface area contributed by atoms with E-state index in [0.717, 1.165) is 5.69 Å². The molecule has 0 aliphatic carbocycles. The smallest absolute Gasteiger partial charge is 0.239 e. The average molecular weight is 333 g/mol. The molecule has 7 nitrogen and oxygen atoms in total. The number of hydrogen-bond acceptors (Lipinski definition) is 5. The van der Waals surface area contributed by atoms with Crippen LogP contribution in [0.5, 0.6) is 11.5 Å². The molecule has 1 fully saturated rings. The van der Waals surface area contributed by atoms with Gasteiger partial charge < -0.3 is 24.6 Å². The minimum Gasteiger partial charge on any atom is -0.486 e. The van der Waals surface area contributed by atoms with E-state index in [4.69, 9.17) is 9.47 Å². The SMILES string of the molecule is CNCCN(C)C(=O)C1CCN(c2ccc3c(c2)OCCO3)C1=O. The maximum absolute atomic E-state index is 12.7. The summed E-state index contributed by atoms with van der Waals surface area (Å²) in [6, 6.07) is 5.46. The topological polar surface area (TPSA) is 71.1 Å². The Morgan fingerprint density at radius 3 is 2.83 bits per heavy atom. The predicted molar refractivity (Wildman–Crippen MR) is 89.5 cm³/mol. The van der Waals surface area contributed by atoms with E-state index in [1.807, 2.05) is 25.2 Å². The van der Waals surface area contributed by atoms with Gasteiger partial charge in [-0.15, -0.1) is 0 Å². The second-order valence-corrected chi connectivity index (χ2v) is 6.02. The number of likely N-dealkylation sites (N-methyl/N-ethyl adjacent to an activating group) is 2. The molecule has 2 heterocycles. The lowest BCUT2D eigenvalue weighted by atomic mass is 10.1. The highest BCUT2D eigenvalue weighted by molar-refractivity contribution is 6.09. The monoisotopic (exact) mass is 333 g/mol. The maximum Gasteiger partial charge on any atom is 0.239 e. The third-order valence-corrected chi connectivity index (χ3v) is 4.41. The van der Waals surface area contributed by atoms with Crippen LogP contribution in [-0.4, -0.2) is 63.7 Å². The van der Waals surface area contributed by atoms with Crippen molar-refractivity contribution < 1.29 is 19.1 Å². The number of nitrogens with one attached hydrogen (secondary N) is 1. The normalized spacial score (nSPS) is 19.5. The highest BCUT2D eigenvalue weighted by Crippen LogP contribution is 2.36. The van der Waals surface area contributed by atoms with Gasteiger partial charge in [-0.2, -0.15) is 0 Å². The zero-order valence-corrected chi connectivity index (χ0v) is 14.1. The fourth-order valence-corrected chi connectivity index (χ4v) is 3.02. The van der Waals surface area contributed by atoms with Crippen LogP contribution < -0.4 is 19.7 Å². The second kappa shape index (κ2) is 7.09. The molecule has 7 heteroatoms. The summed E-state index contributed by atoms with van der Waals surface area (Å²) in [5.41, 5.74) is 0.748. The van der Waals surface area contributed by atoms with Gasteiger partial charge in [0.2, 0.25) is 11.8 Å². The number of amides is 2. The van der Waals surface area contributed by atoms with Gasteiger partial charge in [0.05, 0.1) is 0 Å². The molecule has 0 bridgehead atoms. The summed E-state index contributed by atoms with van der Waals surface area (Å²) >= 11 is 0. The van der Waals surface area contributed by atoms with Gasteiger partial charge in [0, 0.05) is 38.4 Å². The van der Waals surface area contributed by atoms with E-state index in [0.29, 0.717) is 50.8 Å². The largest absolute Gasteiger partial charge is 0.486 e. The Labute approximate surface area is 141 Å². The van der Waals surface area contributed by atoms with Crippen molar-refractivity contribution in [3.05, 3.63) is 18.2 Å². The zero-order chi connectivity index (χ0) is 17.1. The molecule has 0 radical (unpaired) electrons. The third-order valence-electron chi connectivity index (χ3n) is 4.41. The van der Waals surface area contributed by atoms with Crippen molar-refractivity contribution in [1.82, 2.24) is 10.2 Å². The fraction of sp³-hybridized carbons (Fsp3) is 0.529. The minimum absolute atomic E-state index is 0.115. The number of carbonyl (C=O) groups is 2. The number of nitrogens with zero attached hydrogens (tertiary/aromatic N) is 2. The van der Waals surface area contributed by atoms with E-state index in [2.05, 4.69) is 5.32 Å². The van der Waals surface area contributed by atoms with Gasteiger partial charge in [0.25, 0.3) is 0 Å². The van der Waals surface area contributed by atoms with E-state index in [1.54, 1.807) is 16.8 Å². The molecule has 1 N–H and O–H groups in total. The Morgan fingerprint density at radius 1 is 1.33 bits per heavy atom. The lowest BCUT2D eigenvalue weighted by Gasteiger charge is -2.23. The van der Waals surface area contributed by atoms with E-state index in [-0.39, 0.29) is 11.8 Å². The lowest BCUT2D eigenvalue weighted by Crippen LogP contribution is -2.40. The number of carbonyl (C=O) groups excluding carboxylic acids is 2. The van der Waals surface area contributed by atoms with Crippen molar-refractivity contribution in [3.8, 4) is 11.5 Å². The molecule has 130 valence electrons. The van der Waals surface area contributed by atoms with Gasteiger partial charge in [-0.3, -0.25) is 9.59 Å².